The summed E-state index contributed by atoms with van der Waals surface area (Å²) in [6.07, 6.45) is 1.28. The molecule has 2 rings (SSSR count). The van der Waals surface area contributed by atoms with E-state index in [4.69, 9.17) is 4.74 Å². The second-order valence-corrected chi connectivity index (χ2v) is 5.66. The third-order valence-corrected chi connectivity index (χ3v) is 4.50. The lowest BCUT2D eigenvalue weighted by molar-refractivity contribution is -0.117. The predicted octanol–water partition coefficient (Wildman–Crippen LogP) is 3.49. The predicted molar refractivity (Wildman–Crippen MR) is 85.6 cm³/mol. The Hall–Kier alpha value is -2.14. The molecule has 1 atom stereocenters. The highest BCUT2D eigenvalue weighted by Gasteiger charge is 2.16. The van der Waals surface area contributed by atoms with E-state index in [1.807, 2.05) is 38.1 Å². The largest absolute Gasteiger partial charge is 0.497 e. The minimum atomic E-state index is -0.179. The van der Waals surface area contributed by atoms with Gasteiger partial charge in [0.25, 0.3) is 0 Å². The van der Waals surface area contributed by atoms with E-state index in [0.717, 1.165) is 26.9 Å². The Morgan fingerprint density at radius 3 is 2.67 bits per heavy atom. The van der Waals surface area contributed by atoms with Gasteiger partial charge >= 0.3 is 0 Å². The summed E-state index contributed by atoms with van der Waals surface area (Å²) >= 11 is 1.59. The molecular formula is C16H18N2O2S. The molecule has 0 aliphatic carbocycles. The molecule has 0 aliphatic heterocycles. The molecule has 1 N–H and O–H groups in total. The standard InChI is InChI=1S/C16H18N2O2S/c1-5-14(19)17-10(2)15-11(3)18-16(21-15)12-6-8-13(20-4)9-7-12/h5-10H,1H2,2-4H3,(H,17,19). The van der Waals surface area contributed by atoms with Gasteiger partial charge in [-0.05, 0) is 44.2 Å². The van der Waals surface area contributed by atoms with Crippen molar-refractivity contribution in [2.75, 3.05) is 7.11 Å². The minimum absolute atomic E-state index is 0.0833. The molecule has 110 valence electrons. The Kier molecular flexibility index (Phi) is 4.75. The first kappa shape index (κ1) is 15.3. The summed E-state index contributed by atoms with van der Waals surface area (Å²) in [5.74, 6) is 0.639. The Labute approximate surface area is 128 Å². The van der Waals surface area contributed by atoms with Crippen LogP contribution in [0.1, 0.15) is 23.5 Å². The van der Waals surface area contributed by atoms with E-state index < -0.39 is 0 Å². The highest BCUT2D eigenvalue weighted by molar-refractivity contribution is 7.15. The summed E-state index contributed by atoms with van der Waals surface area (Å²) < 4.78 is 5.15. The molecule has 2 aromatic rings. The molecule has 1 aromatic carbocycles. The Bertz CT molecular complexity index is 647. The highest BCUT2D eigenvalue weighted by Crippen LogP contribution is 2.32. The number of carbonyl (C=O) groups excluding carboxylic acids is 1. The Balaban J connectivity index is 2.25. The molecule has 1 aromatic heterocycles. The zero-order valence-corrected chi connectivity index (χ0v) is 13.2. The van der Waals surface area contributed by atoms with Crippen LogP contribution in [0.15, 0.2) is 36.9 Å². The van der Waals surface area contributed by atoms with Gasteiger partial charge in [-0.2, -0.15) is 0 Å². The molecule has 0 saturated heterocycles. The van der Waals surface area contributed by atoms with E-state index in [1.165, 1.54) is 6.08 Å². The van der Waals surface area contributed by atoms with Gasteiger partial charge in [-0.15, -0.1) is 11.3 Å². The van der Waals surface area contributed by atoms with Gasteiger partial charge in [0.15, 0.2) is 0 Å². The van der Waals surface area contributed by atoms with Gasteiger partial charge in [-0.25, -0.2) is 4.98 Å². The fraction of sp³-hybridized carbons (Fsp3) is 0.250. The molecule has 1 amide bonds. The molecule has 0 bridgehead atoms. The second-order valence-electron chi connectivity index (χ2n) is 4.63. The molecule has 4 nitrogen and oxygen atoms in total. The summed E-state index contributed by atoms with van der Waals surface area (Å²) in [6.45, 7) is 7.36. The topological polar surface area (TPSA) is 51.2 Å². The van der Waals surface area contributed by atoms with Crippen molar-refractivity contribution in [2.45, 2.75) is 19.9 Å². The first-order valence-corrected chi connectivity index (χ1v) is 7.41. The lowest BCUT2D eigenvalue weighted by Gasteiger charge is -2.10. The molecule has 0 fully saturated rings. The number of amides is 1. The molecule has 0 radical (unpaired) electrons. The maximum Gasteiger partial charge on any atom is 0.243 e. The van der Waals surface area contributed by atoms with E-state index in [0.29, 0.717) is 0 Å². The van der Waals surface area contributed by atoms with Crippen molar-refractivity contribution in [2.24, 2.45) is 0 Å². The number of nitrogens with one attached hydrogen (secondary N) is 1. The summed E-state index contributed by atoms with van der Waals surface area (Å²) in [5.41, 5.74) is 1.97. The van der Waals surface area contributed by atoms with Crippen LogP contribution in [-0.2, 0) is 4.79 Å². The minimum Gasteiger partial charge on any atom is -0.497 e. The lowest BCUT2D eigenvalue weighted by atomic mass is 10.2. The van der Waals surface area contributed by atoms with E-state index in [9.17, 15) is 4.79 Å². The molecule has 0 spiro atoms. The first-order valence-electron chi connectivity index (χ1n) is 6.59. The van der Waals surface area contributed by atoms with Crippen LogP contribution < -0.4 is 10.1 Å². The maximum absolute atomic E-state index is 11.4. The molecule has 0 aliphatic rings. The molecular weight excluding hydrogens is 284 g/mol. The maximum atomic E-state index is 11.4. The number of thiazole rings is 1. The normalized spacial score (nSPS) is 11.8. The van der Waals surface area contributed by atoms with Crippen molar-refractivity contribution >= 4 is 17.2 Å². The van der Waals surface area contributed by atoms with Crippen LogP contribution in [0.4, 0.5) is 0 Å². The third-order valence-electron chi connectivity index (χ3n) is 3.11. The fourth-order valence-electron chi connectivity index (χ4n) is 2.00. The molecule has 21 heavy (non-hydrogen) atoms. The first-order chi connectivity index (χ1) is 10.0. The smallest absolute Gasteiger partial charge is 0.243 e. The average Bonchev–Trinajstić information content (AvgIpc) is 2.89. The van der Waals surface area contributed by atoms with Crippen molar-refractivity contribution in [3.8, 4) is 16.3 Å². The van der Waals surface area contributed by atoms with Crippen LogP contribution in [0, 0.1) is 6.92 Å². The summed E-state index contributed by atoms with van der Waals surface area (Å²) in [5, 5.41) is 3.80. The van der Waals surface area contributed by atoms with E-state index in [-0.39, 0.29) is 11.9 Å². The van der Waals surface area contributed by atoms with Crippen LogP contribution in [0.25, 0.3) is 10.6 Å². The number of nitrogens with zero attached hydrogens (tertiary/aromatic N) is 1. The Morgan fingerprint density at radius 1 is 1.43 bits per heavy atom. The third kappa shape index (κ3) is 3.49. The Morgan fingerprint density at radius 2 is 2.10 bits per heavy atom. The monoisotopic (exact) mass is 302 g/mol. The number of benzene rings is 1. The van der Waals surface area contributed by atoms with Crippen molar-refractivity contribution in [3.63, 3.8) is 0 Å². The average molecular weight is 302 g/mol. The van der Waals surface area contributed by atoms with Crippen molar-refractivity contribution in [1.29, 1.82) is 0 Å². The zero-order valence-electron chi connectivity index (χ0n) is 12.3. The lowest BCUT2D eigenvalue weighted by Crippen LogP contribution is -2.24. The number of methoxy groups -OCH3 is 1. The van der Waals surface area contributed by atoms with Crippen LogP contribution in [-0.4, -0.2) is 18.0 Å². The quantitative estimate of drug-likeness (QED) is 0.860. The van der Waals surface area contributed by atoms with E-state index in [1.54, 1.807) is 18.4 Å². The zero-order chi connectivity index (χ0) is 15.4. The van der Waals surface area contributed by atoms with Crippen LogP contribution in [0.5, 0.6) is 5.75 Å². The van der Waals surface area contributed by atoms with Crippen molar-refractivity contribution in [1.82, 2.24) is 10.3 Å². The van der Waals surface area contributed by atoms with Gasteiger partial charge < -0.3 is 10.1 Å². The van der Waals surface area contributed by atoms with Crippen LogP contribution in [0.2, 0.25) is 0 Å². The van der Waals surface area contributed by atoms with Gasteiger partial charge in [0, 0.05) is 5.56 Å². The number of hydrogen-bond donors (Lipinski definition) is 1. The highest BCUT2D eigenvalue weighted by atomic mass is 32.1. The van der Waals surface area contributed by atoms with Crippen LogP contribution in [0.3, 0.4) is 0 Å². The number of aromatic nitrogens is 1. The van der Waals surface area contributed by atoms with E-state index >= 15 is 0 Å². The van der Waals surface area contributed by atoms with Crippen molar-refractivity contribution in [3.05, 3.63) is 47.5 Å². The molecule has 1 unspecified atom stereocenters. The van der Waals surface area contributed by atoms with E-state index in [2.05, 4.69) is 16.9 Å². The van der Waals surface area contributed by atoms with Gasteiger partial charge in [0.05, 0.1) is 23.7 Å². The number of carbonyl (C=O) groups is 1. The van der Waals surface area contributed by atoms with Gasteiger partial charge in [-0.1, -0.05) is 6.58 Å². The molecule has 1 heterocycles. The number of hydrogen-bond acceptors (Lipinski definition) is 4. The second kappa shape index (κ2) is 6.54. The fourth-order valence-corrected chi connectivity index (χ4v) is 3.08. The van der Waals surface area contributed by atoms with Gasteiger partial charge in [-0.3, -0.25) is 4.79 Å². The van der Waals surface area contributed by atoms with Gasteiger partial charge in [0.2, 0.25) is 5.91 Å². The number of aryl methyl sites for hydroxylation is 1. The molecule has 5 heteroatoms. The van der Waals surface area contributed by atoms with Crippen LogP contribution >= 0.6 is 11.3 Å². The summed E-state index contributed by atoms with van der Waals surface area (Å²) in [6, 6.07) is 7.70. The molecule has 0 saturated carbocycles. The number of rotatable bonds is 5. The van der Waals surface area contributed by atoms with Crippen molar-refractivity contribution < 1.29 is 9.53 Å². The number of ether oxygens (including phenoxy) is 1. The summed E-state index contributed by atoms with van der Waals surface area (Å²) in [4.78, 5) is 17.0. The van der Waals surface area contributed by atoms with Gasteiger partial charge in [0.1, 0.15) is 10.8 Å². The summed E-state index contributed by atoms with van der Waals surface area (Å²) in [7, 11) is 1.64. The SMILES string of the molecule is C=CC(=O)NC(C)c1sc(-c2ccc(OC)cc2)nc1C.